The number of benzene rings is 1. The lowest BCUT2D eigenvalue weighted by molar-refractivity contribution is -0.144. The van der Waals surface area contributed by atoms with Gasteiger partial charge in [-0.3, -0.25) is 14.4 Å². The number of carbonyl (C=O) groups is 3. The van der Waals surface area contributed by atoms with E-state index < -0.39 is 23.6 Å². The van der Waals surface area contributed by atoms with Crippen LogP contribution in [0.25, 0.3) is 10.4 Å². The molecule has 1 aliphatic rings. The molecule has 3 atom stereocenters. The second-order valence-electron chi connectivity index (χ2n) is 11.4. The summed E-state index contributed by atoms with van der Waals surface area (Å²) < 4.78 is 0. The van der Waals surface area contributed by atoms with Crippen molar-refractivity contribution in [2.75, 3.05) is 13.1 Å². The third-order valence-corrected chi connectivity index (χ3v) is 8.05. The molecule has 1 fully saturated rings. The highest BCUT2D eigenvalue weighted by Gasteiger charge is 2.44. The molecule has 1 saturated heterocycles. The van der Waals surface area contributed by atoms with Gasteiger partial charge in [-0.25, -0.2) is 4.98 Å². The van der Waals surface area contributed by atoms with Crippen LogP contribution in [0.5, 0.6) is 0 Å². The van der Waals surface area contributed by atoms with Crippen LogP contribution < -0.4 is 16.4 Å². The molecule has 230 valence electrons. The smallest absolute Gasteiger partial charge is 0.246 e. The van der Waals surface area contributed by atoms with Gasteiger partial charge in [0.05, 0.1) is 22.2 Å². The molecule has 2 aromatic rings. The van der Waals surface area contributed by atoms with Crippen LogP contribution in [0.4, 0.5) is 0 Å². The van der Waals surface area contributed by atoms with E-state index in [4.69, 9.17) is 5.73 Å². The topological polar surface area (TPSA) is 138 Å². The summed E-state index contributed by atoms with van der Waals surface area (Å²) in [6.45, 7) is 8.63. The molecular formula is C29H45Cl2N5O4S. The zero-order valence-electron chi connectivity index (χ0n) is 24.4. The average Bonchev–Trinajstić information content (AvgIpc) is 3.50. The number of likely N-dealkylation sites (tertiary alicyclic amines) is 1. The van der Waals surface area contributed by atoms with Crippen LogP contribution in [0.15, 0.2) is 29.8 Å². The molecule has 12 heteroatoms. The van der Waals surface area contributed by atoms with Crippen LogP contribution in [-0.4, -0.2) is 64.0 Å². The molecule has 0 spiro atoms. The van der Waals surface area contributed by atoms with Gasteiger partial charge in [0, 0.05) is 25.9 Å². The monoisotopic (exact) mass is 629 g/mol. The third-order valence-electron chi connectivity index (χ3n) is 7.07. The number of hydrogen-bond donors (Lipinski definition) is 4. The van der Waals surface area contributed by atoms with Gasteiger partial charge in [-0.2, -0.15) is 0 Å². The molecule has 0 saturated carbocycles. The maximum absolute atomic E-state index is 13.7. The highest BCUT2D eigenvalue weighted by molar-refractivity contribution is 7.13. The number of carbonyl (C=O) groups excluding carboxylic acids is 3. The predicted molar refractivity (Wildman–Crippen MR) is 168 cm³/mol. The van der Waals surface area contributed by atoms with Gasteiger partial charge in [0.1, 0.15) is 12.1 Å². The number of aliphatic hydroxyl groups excluding tert-OH is 1. The molecule has 3 unspecified atom stereocenters. The van der Waals surface area contributed by atoms with E-state index in [1.54, 1.807) is 11.3 Å². The maximum atomic E-state index is 13.7. The largest absolute Gasteiger partial charge is 0.391 e. The highest BCUT2D eigenvalue weighted by atomic mass is 35.5. The fourth-order valence-corrected chi connectivity index (χ4v) is 5.61. The molecule has 3 rings (SSSR count). The molecule has 0 radical (unpaired) electrons. The Morgan fingerprint density at radius 2 is 1.78 bits per heavy atom. The van der Waals surface area contributed by atoms with E-state index in [-0.39, 0.29) is 55.5 Å². The van der Waals surface area contributed by atoms with Gasteiger partial charge in [0.15, 0.2) is 0 Å². The van der Waals surface area contributed by atoms with E-state index in [1.807, 2.05) is 57.5 Å². The van der Waals surface area contributed by atoms with Crippen LogP contribution >= 0.6 is 36.2 Å². The van der Waals surface area contributed by atoms with Crippen molar-refractivity contribution >= 4 is 53.9 Å². The number of halogens is 2. The van der Waals surface area contributed by atoms with Crippen molar-refractivity contribution in [3.05, 3.63) is 41.0 Å². The lowest BCUT2D eigenvalue weighted by atomic mass is 9.85. The fourth-order valence-electron chi connectivity index (χ4n) is 4.80. The molecule has 3 amide bonds. The average molecular weight is 631 g/mol. The Morgan fingerprint density at radius 3 is 2.37 bits per heavy atom. The first-order chi connectivity index (χ1) is 18.5. The first kappa shape index (κ1) is 36.8. The van der Waals surface area contributed by atoms with Gasteiger partial charge in [-0.05, 0) is 42.9 Å². The van der Waals surface area contributed by atoms with E-state index in [0.717, 1.165) is 47.4 Å². The van der Waals surface area contributed by atoms with E-state index in [9.17, 15) is 19.5 Å². The fraction of sp³-hybridized carbons (Fsp3) is 0.586. The Labute approximate surface area is 259 Å². The molecule has 1 aromatic heterocycles. The molecule has 0 bridgehead atoms. The van der Waals surface area contributed by atoms with Gasteiger partial charge >= 0.3 is 0 Å². The number of amides is 3. The maximum Gasteiger partial charge on any atom is 0.246 e. The van der Waals surface area contributed by atoms with Crippen LogP contribution in [0.2, 0.25) is 0 Å². The van der Waals surface area contributed by atoms with Crippen LogP contribution in [0.1, 0.15) is 70.6 Å². The summed E-state index contributed by atoms with van der Waals surface area (Å²) in [6.07, 6.45) is 3.24. The Kier molecular flexibility index (Phi) is 15.3. The molecule has 5 N–H and O–H groups in total. The third kappa shape index (κ3) is 10.5. The summed E-state index contributed by atoms with van der Waals surface area (Å²) in [5.74, 6) is -0.852. The van der Waals surface area contributed by atoms with Crippen LogP contribution in [-0.2, 0) is 20.9 Å². The van der Waals surface area contributed by atoms with Crippen molar-refractivity contribution < 1.29 is 19.5 Å². The number of hydrogen-bond acceptors (Lipinski definition) is 7. The Bertz CT molecular complexity index is 1120. The Hall–Kier alpha value is -2.24. The van der Waals surface area contributed by atoms with Gasteiger partial charge in [0.2, 0.25) is 17.7 Å². The number of aromatic nitrogens is 1. The van der Waals surface area contributed by atoms with Crippen molar-refractivity contribution in [1.82, 2.24) is 20.5 Å². The molecule has 9 nitrogen and oxygen atoms in total. The van der Waals surface area contributed by atoms with E-state index in [0.29, 0.717) is 19.5 Å². The van der Waals surface area contributed by atoms with Crippen molar-refractivity contribution in [2.24, 2.45) is 11.1 Å². The van der Waals surface area contributed by atoms with Gasteiger partial charge in [0.25, 0.3) is 0 Å². The zero-order chi connectivity index (χ0) is 28.6. The summed E-state index contributed by atoms with van der Waals surface area (Å²) in [7, 11) is 0. The molecule has 1 aromatic carbocycles. The quantitative estimate of drug-likeness (QED) is 0.262. The number of nitrogens with zero attached hydrogens (tertiary/aromatic N) is 2. The minimum Gasteiger partial charge on any atom is -0.391 e. The zero-order valence-corrected chi connectivity index (χ0v) is 26.8. The van der Waals surface area contributed by atoms with Crippen LogP contribution in [0.3, 0.4) is 0 Å². The van der Waals surface area contributed by atoms with Gasteiger partial charge in [-0.15, -0.1) is 36.2 Å². The molecule has 2 heterocycles. The number of unbranched alkanes of at least 4 members (excludes halogenated alkanes) is 3. The van der Waals surface area contributed by atoms with Crippen molar-refractivity contribution in [1.29, 1.82) is 0 Å². The first-order valence-electron chi connectivity index (χ1n) is 13.8. The summed E-state index contributed by atoms with van der Waals surface area (Å²) in [6, 6.07) is 6.32. The van der Waals surface area contributed by atoms with Gasteiger partial charge < -0.3 is 26.4 Å². The minimum atomic E-state index is -0.808. The molecule has 41 heavy (non-hydrogen) atoms. The summed E-state index contributed by atoms with van der Waals surface area (Å²) in [5, 5.41) is 16.2. The second-order valence-corrected chi connectivity index (χ2v) is 12.3. The molecular weight excluding hydrogens is 585 g/mol. The Morgan fingerprint density at radius 1 is 1.12 bits per heavy atom. The number of β-amino-alcohol motifs (C(OH)–C–C–N with tert-alkyl or cyclic N) is 1. The van der Waals surface area contributed by atoms with E-state index in [1.165, 1.54) is 4.90 Å². The van der Waals surface area contributed by atoms with Crippen molar-refractivity contribution in [2.45, 2.75) is 91.0 Å². The lowest BCUT2D eigenvalue weighted by Crippen LogP contribution is -2.57. The highest BCUT2D eigenvalue weighted by Crippen LogP contribution is 2.28. The minimum absolute atomic E-state index is 0. The van der Waals surface area contributed by atoms with Crippen molar-refractivity contribution in [3.8, 4) is 10.4 Å². The number of aliphatic hydroxyl groups is 1. The lowest BCUT2D eigenvalue weighted by Gasteiger charge is -2.35. The van der Waals surface area contributed by atoms with E-state index in [2.05, 4.69) is 15.6 Å². The van der Waals surface area contributed by atoms with Crippen molar-refractivity contribution in [3.63, 3.8) is 0 Å². The van der Waals surface area contributed by atoms with Crippen LogP contribution in [0, 0.1) is 12.3 Å². The SMILES string of the molecule is Cc1ncsc1-c1ccc(CNC(=O)C2CC(O)CN2C(=O)C(NC(=O)CCCCCCN)C(C)(C)C)cc1.Cl.Cl. The standard InChI is InChI=1S/C29H43N5O4S.2ClH/c1-19-25(39-18-32-19)21-12-10-20(11-13-21)16-31-27(37)23-15-22(35)17-34(23)28(38)26(29(2,3)4)33-24(36)9-7-5-6-8-14-30;;/h10-13,18,22-23,26,35H,5-9,14-17,30H2,1-4H3,(H,31,37)(H,33,36);2*1H. The molecule has 1 aliphatic heterocycles. The summed E-state index contributed by atoms with van der Waals surface area (Å²) in [4.78, 5) is 46.3. The molecule has 0 aliphatic carbocycles. The van der Waals surface area contributed by atoms with E-state index >= 15 is 0 Å². The summed E-state index contributed by atoms with van der Waals surface area (Å²) >= 11 is 1.59. The number of rotatable bonds is 12. The second kappa shape index (κ2) is 17.0. The normalized spacial score (nSPS) is 17.3. The number of thiazole rings is 1. The van der Waals surface area contributed by atoms with Gasteiger partial charge in [-0.1, -0.05) is 57.9 Å². The summed E-state index contributed by atoms with van der Waals surface area (Å²) in [5.41, 5.74) is 9.76. The number of nitrogens with one attached hydrogen (secondary N) is 2. The number of nitrogens with two attached hydrogens (primary N) is 1. The number of aryl methyl sites for hydroxylation is 1. The predicted octanol–water partition coefficient (Wildman–Crippen LogP) is 3.98. The first-order valence-corrected chi connectivity index (χ1v) is 14.6. The Balaban J connectivity index is 0.00000420.